The van der Waals surface area contributed by atoms with E-state index in [0.29, 0.717) is 6.54 Å². The lowest BCUT2D eigenvalue weighted by Gasteiger charge is -2.37. The second-order valence-electron chi connectivity index (χ2n) is 6.54. The Bertz CT molecular complexity index is 566. The van der Waals surface area contributed by atoms with Gasteiger partial charge >= 0.3 is 0 Å². The number of ether oxygens (including phenoxy) is 2. The van der Waals surface area contributed by atoms with E-state index in [2.05, 4.69) is 29.7 Å². The van der Waals surface area contributed by atoms with E-state index >= 15 is 0 Å². The third-order valence-corrected chi connectivity index (χ3v) is 5.07. The molecule has 1 heterocycles. The van der Waals surface area contributed by atoms with Gasteiger partial charge in [0.05, 0.1) is 6.54 Å². The summed E-state index contributed by atoms with van der Waals surface area (Å²) in [5.74, 6) is 0.849. The molecule has 1 aromatic carbocycles. The standard InChI is InChI=1S/C20H32ClN3O2.HI/c1-3-22-19(23-12-7-13-25-4-2)24-16-20(10-14-26-15-11-20)17-8-5-6-9-18(17)21;/h5-6,8-9H,3-4,7,10-16H2,1-2H3,(H2,22,23,24);1H. The SMILES string of the molecule is CCNC(=NCC1(c2ccccc2Cl)CCOCC1)NCCCOCC.I. The van der Waals surface area contributed by atoms with E-state index in [-0.39, 0.29) is 29.4 Å². The number of benzene rings is 1. The van der Waals surface area contributed by atoms with Crippen molar-refractivity contribution in [3.63, 3.8) is 0 Å². The third kappa shape index (κ3) is 7.75. The fourth-order valence-corrected chi connectivity index (χ4v) is 3.60. The molecule has 1 saturated heterocycles. The van der Waals surface area contributed by atoms with Crippen molar-refractivity contribution in [3.8, 4) is 0 Å². The molecule has 2 N–H and O–H groups in total. The second-order valence-corrected chi connectivity index (χ2v) is 6.95. The van der Waals surface area contributed by atoms with E-state index < -0.39 is 0 Å². The van der Waals surface area contributed by atoms with Gasteiger partial charge in [0.25, 0.3) is 0 Å². The molecule has 1 aromatic rings. The zero-order valence-electron chi connectivity index (χ0n) is 16.4. The van der Waals surface area contributed by atoms with Gasteiger partial charge in [-0.05, 0) is 44.7 Å². The predicted molar refractivity (Wildman–Crippen MR) is 124 cm³/mol. The summed E-state index contributed by atoms with van der Waals surface area (Å²) in [6, 6.07) is 8.13. The number of aliphatic imine (C=N–C) groups is 1. The Balaban J connectivity index is 0.00000364. The number of hydrogen-bond acceptors (Lipinski definition) is 3. The molecule has 0 atom stereocenters. The first-order valence-corrected chi connectivity index (χ1v) is 10.0. The highest BCUT2D eigenvalue weighted by atomic mass is 127. The molecular weight excluding hydrogens is 477 g/mol. The molecule has 0 radical (unpaired) electrons. The number of nitrogens with one attached hydrogen (secondary N) is 2. The van der Waals surface area contributed by atoms with Crippen molar-refractivity contribution in [1.82, 2.24) is 10.6 Å². The number of halogens is 2. The number of hydrogen-bond donors (Lipinski definition) is 2. The Kier molecular flexibility index (Phi) is 12.3. The van der Waals surface area contributed by atoms with Crippen molar-refractivity contribution >= 4 is 41.5 Å². The molecule has 1 aliphatic heterocycles. The predicted octanol–water partition coefficient (Wildman–Crippen LogP) is 3.99. The summed E-state index contributed by atoms with van der Waals surface area (Å²) in [7, 11) is 0. The molecule has 0 spiro atoms. The Morgan fingerprint density at radius 3 is 2.63 bits per heavy atom. The van der Waals surface area contributed by atoms with Crippen molar-refractivity contribution in [1.29, 1.82) is 0 Å². The number of nitrogens with zero attached hydrogens (tertiary/aromatic N) is 1. The number of guanidine groups is 1. The van der Waals surface area contributed by atoms with Crippen LogP contribution in [0, 0.1) is 0 Å². The maximum atomic E-state index is 6.52. The molecule has 7 heteroatoms. The van der Waals surface area contributed by atoms with Gasteiger partial charge in [0, 0.05) is 50.0 Å². The van der Waals surface area contributed by atoms with Crippen LogP contribution in [0.1, 0.15) is 38.7 Å². The van der Waals surface area contributed by atoms with Gasteiger partial charge in [0.1, 0.15) is 0 Å². The molecule has 0 aromatic heterocycles. The molecule has 1 fully saturated rings. The smallest absolute Gasteiger partial charge is 0.191 e. The summed E-state index contributed by atoms with van der Waals surface area (Å²) < 4.78 is 11.0. The van der Waals surface area contributed by atoms with Gasteiger partial charge in [-0.3, -0.25) is 4.99 Å². The average Bonchev–Trinajstić information content (AvgIpc) is 2.67. The van der Waals surface area contributed by atoms with Crippen LogP contribution in [-0.4, -0.2) is 52.0 Å². The molecule has 0 aliphatic carbocycles. The van der Waals surface area contributed by atoms with Gasteiger partial charge in [-0.15, -0.1) is 24.0 Å². The minimum Gasteiger partial charge on any atom is -0.382 e. The first-order chi connectivity index (χ1) is 12.7. The largest absolute Gasteiger partial charge is 0.382 e. The molecule has 1 aliphatic rings. The molecule has 0 amide bonds. The van der Waals surface area contributed by atoms with Gasteiger partial charge < -0.3 is 20.1 Å². The highest BCUT2D eigenvalue weighted by Gasteiger charge is 2.36. The van der Waals surface area contributed by atoms with Gasteiger partial charge in [-0.25, -0.2) is 0 Å². The Labute approximate surface area is 185 Å². The summed E-state index contributed by atoms with van der Waals surface area (Å²) in [5.41, 5.74) is 1.12. The molecule has 154 valence electrons. The fourth-order valence-electron chi connectivity index (χ4n) is 3.26. The Hall–Kier alpha value is -0.570. The van der Waals surface area contributed by atoms with Gasteiger partial charge in [-0.2, -0.15) is 0 Å². The molecule has 0 saturated carbocycles. The van der Waals surface area contributed by atoms with Crippen LogP contribution in [0.25, 0.3) is 0 Å². The lowest BCUT2D eigenvalue weighted by atomic mass is 9.74. The van der Waals surface area contributed by atoms with Crippen molar-refractivity contribution in [2.45, 2.75) is 38.5 Å². The zero-order chi connectivity index (χ0) is 18.7. The van der Waals surface area contributed by atoms with Crippen molar-refractivity contribution < 1.29 is 9.47 Å². The molecular formula is C20H33ClIN3O2. The summed E-state index contributed by atoms with van der Waals surface area (Å²) in [4.78, 5) is 4.88. The van der Waals surface area contributed by atoms with Crippen molar-refractivity contribution in [2.75, 3.05) is 46.1 Å². The lowest BCUT2D eigenvalue weighted by Crippen LogP contribution is -2.41. The molecule has 27 heavy (non-hydrogen) atoms. The topological polar surface area (TPSA) is 54.9 Å². The van der Waals surface area contributed by atoms with E-state index in [4.69, 9.17) is 26.1 Å². The maximum absolute atomic E-state index is 6.52. The van der Waals surface area contributed by atoms with Crippen molar-refractivity contribution in [3.05, 3.63) is 34.9 Å². The van der Waals surface area contributed by atoms with Crippen LogP contribution in [0.15, 0.2) is 29.3 Å². The zero-order valence-corrected chi connectivity index (χ0v) is 19.5. The van der Waals surface area contributed by atoms with Crippen molar-refractivity contribution in [2.24, 2.45) is 4.99 Å². The van der Waals surface area contributed by atoms with E-state index in [1.54, 1.807) is 0 Å². The lowest BCUT2D eigenvalue weighted by molar-refractivity contribution is 0.0531. The van der Waals surface area contributed by atoms with Crippen LogP contribution < -0.4 is 10.6 Å². The Morgan fingerprint density at radius 2 is 1.96 bits per heavy atom. The Morgan fingerprint density at radius 1 is 1.22 bits per heavy atom. The van der Waals surface area contributed by atoms with Gasteiger partial charge in [0.15, 0.2) is 5.96 Å². The quantitative estimate of drug-likeness (QED) is 0.229. The van der Waals surface area contributed by atoms with Crippen LogP contribution in [0.4, 0.5) is 0 Å². The van der Waals surface area contributed by atoms with E-state index in [1.807, 2.05) is 19.1 Å². The van der Waals surface area contributed by atoms with Gasteiger partial charge in [0.2, 0.25) is 0 Å². The van der Waals surface area contributed by atoms with Gasteiger partial charge in [-0.1, -0.05) is 29.8 Å². The molecule has 0 unspecified atom stereocenters. The summed E-state index contributed by atoms with van der Waals surface area (Å²) in [6.07, 6.45) is 2.83. The minimum atomic E-state index is -0.0652. The molecule has 2 rings (SSSR count). The maximum Gasteiger partial charge on any atom is 0.191 e. The van der Waals surface area contributed by atoms with E-state index in [9.17, 15) is 0 Å². The average molecular weight is 510 g/mol. The van der Waals surface area contributed by atoms with Crippen LogP contribution >= 0.6 is 35.6 Å². The van der Waals surface area contributed by atoms with Crippen LogP contribution in [0.5, 0.6) is 0 Å². The first-order valence-electron chi connectivity index (χ1n) is 9.64. The normalized spacial score (nSPS) is 16.5. The number of rotatable bonds is 9. The molecule has 0 bridgehead atoms. The highest BCUT2D eigenvalue weighted by molar-refractivity contribution is 14.0. The summed E-state index contributed by atoms with van der Waals surface area (Å²) in [6.45, 7) is 9.49. The first kappa shape index (κ1) is 24.5. The highest BCUT2D eigenvalue weighted by Crippen LogP contribution is 2.38. The molecule has 5 nitrogen and oxygen atoms in total. The van der Waals surface area contributed by atoms with Crippen LogP contribution in [0.3, 0.4) is 0 Å². The monoisotopic (exact) mass is 509 g/mol. The third-order valence-electron chi connectivity index (χ3n) is 4.74. The van der Waals surface area contributed by atoms with E-state index in [1.165, 1.54) is 5.56 Å². The van der Waals surface area contributed by atoms with Crippen LogP contribution in [-0.2, 0) is 14.9 Å². The summed E-state index contributed by atoms with van der Waals surface area (Å²) >= 11 is 6.52. The van der Waals surface area contributed by atoms with E-state index in [0.717, 1.165) is 69.8 Å². The summed E-state index contributed by atoms with van der Waals surface area (Å²) in [5, 5.41) is 7.55. The minimum absolute atomic E-state index is 0. The van der Waals surface area contributed by atoms with Crippen LogP contribution in [0.2, 0.25) is 5.02 Å². The second kappa shape index (κ2) is 13.6. The fraction of sp³-hybridized carbons (Fsp3) is 0.650.